The molecule has 2 unspecified atom stereocenters. The van der Waals surface area contributed by atoms with Crippen LogP contribution >= 0.6 is 0 Å². The van der Waals surface area contributed by atoms with E-state index >= 15 is 0 Å². The van der Waals surface area contributed by atoms with Crippen molar-refractivity contribution in [3.63, 3.8) is 0 Å². The minimum Gasteiger partial charge on any atom is -0.309 e. The molecule has 0 spiro atoms. The molecule has 1 aliphatic heterocycles. The summed E-state index contributed by atoms with van der Waals surface area (Å²) in [6, 6.07) is 9.38. The molecule has 100 valence electrons. The summed E-state index contributed by atoms with van der Waals surface area (Å²) in [5.74, 6) is 0.786. The van der Waals surface area contributed by atoms with Crippen molar-refractivity contribution >= 4 is 0 Å². The number of rotatable bonds is 5. The van der Waals surface area contributed by atoms with Crippen molar-refractivity contribution in [2.24, 2.45) is 5.92 Å². The third-order valence-corrected chi connectivity index (χ3v) is 4.03. The van der Waals surface area contributed by atoms with Gasteiger partial charge in [-0.2, -0.15) is 0 Å². The van der Waals surface area contributed by atoms with Gasteiger partial charge in [0.2, 0.25) is 0 Å². The molecule has 0 aromatic heterocycles. The summed E-state index contributed by atoms with van der Waals surface area (Å²) in [4.78, 5) is 2.47. The molecule has 0 radical (unpaired) electrons. The monoisotopic (exact) mass is 246 g/mol. The molecule has 1 N–H and O–H groups in total. The Kier molecular flexibility index (Phi) is 4.79. The molecular weight excluding hydrogens is 220 g/mol. The molecule has 18 heavy (non-hydrogen) atoms. The van der Waals surface area contributed by atoms with Gasteiger partial charge in [0.25, 0.3) is 0 Å². The Bertz CT molecular complexity index is 375. The summed E-state index contributed by atoms with van der Waals surface area (Å²) in [5, 5.41) is 3.66. The Morgan fingerprint density at radius 3 is 2.94 bits per heavy atom. The topological polar surface area (TPSA) is 15.3 Å². The summed E-state index contributed by atoms with van der Waals surface area (Å²) in [5.41, 5.74) is 3.03. The molecule has 1 aromatic rings. The number of hydrogen-bond acceptors (Lipinski definition) is 2. The molecule has 0 fully saturated rings. The number of hydrogen-bond donors (Lipinski definition) is 1. The molecule has 0 saturated carbocycles. The number of fused-ring (bicyclic) bond motifs is 1. The van der Waals surface area contributed by atoms with E-state index in [1.54, 1.807) is 0 Å². The lowest BCUT2D eigenvalue weighted by atomic mass is 9.94. The molecule has 2 nitrogen and oxygen atoms in total. The highest BCUT2D eigenvalue weighted by atomic mass is 15.1. The van der Waals surface area contributed by atoms with Gasteiger partial charge in [-0.1, -0.05) is 44.5 Å². The number of nitrogens with one attached hydrogen (secondary N) is 1. The van der Waals surface area contributed by atoms with Gasteiger partial charge in [0.05, 0.1) is 0 Å². The first-order chi connectivity index (χ1) is 8.70. The van der Waals surface area contributed by atoms with Crippen LogP contribution in [-0.4, -0.2) is 31.6 Å². The van der Waals surface area contributed by atoms with Crippen molar-refractivity contribution in [1.82, 2.24) is 10.2 Å². The van der Waals surface area contributed by atoms with E-state index in [4.69, 9.17) is 0 Å². The highest BCUT2D eigenvalue weighted by molar-refractivity contribution is 5.32. The van der Waals surface area contributed by atoms with Crippen LogP contribution in [-0.2, 0) is 6.42 Å². The van der Waals surface area contributed by atoms with Crippen LogP contribution in [0.5, 0.6) is 0 Å². The Morgan fingerprint density at radius 2 is 2.17 bits per heavy atom. The standard InChI is InChI=1S/C16H26N2/c1-4-13(2)11-18(3)12-16-15-8-6-5-7-14(15)9-10-17-16/h5-8,13,16-17H,4,9-12H2,1-3H3. The van der Waals surface area contributed by atoms with E-state index in [2.05, 4.69) is 55.4 Å². The van der Waals surface area contributed by atoms with Crippen molar-refractivity contribution in [3.05, 3.63) is 35.4 Å². The van der Waals surface area contributed by atoms with Gasteiger partial charge in [-0.15, -0.1) is 0 Å². The summed E-state index contributed by atoms with van der Waals surface area (Å²) >= 11 is 0. The number of likely N-dealkylation sites (N-methyl/N-ethyl adjacent to an activating group) is 1. The van der Waals surface area contributed by atoms with Crippen molar-refractivity contribution in [3.8, 4) is 0 Å². The van der Waals surface area contributed by atoms with Crippen LogP contribution in [0.3, 0.4) is 0 Å². The highest BCUT2D eigenvalue weighted by Gasteiger charge is 2.20. The van der Waals surface area contributed by atoms with E-state index in [0.717, 1.165) is 19.0 Å². The van der Waals surface area contributed by atoms with E-state index in [1.807, 2.05) is 0 Å². The lowest BCUT2D eigenvalue weighted by Crippen LogP contribution is -2.38. The van der Waals surface area contributed by atoms with Gasteiger partial charge < -0.3 is 10.2 Å². The maximum atomic E-state index is 3.66. The average molecular weight is 246 g/mol. The molecule has 0 amide bonds. The molecule has 1 heterocycles. The second kappa shape index (κ2) is 6.35. The van der Waals surface area contributed by atoms with Gasteiger partial charge in [-0.05, 0) is 37.1 Å². The van der Waals surface area contributed by atoms with Crippen molar-refractivity contribution < 1.29 is 0 Å². The smallest absolute Gasteiger partial charge is 0.0452 e. The van der Waals surface area contributed by atoms with Gasteiger partial charge in [0.1, 0.15) is 0 Å². The van der Waals surface area contributed by atoms with E-state index in [-0.39, 0.29) is 0 Å². The van der Waals surface area contributed by atoms with Gasteiger partial charge in [0, 0.05) is 19.1 Å². The van der Waals surface area contributed by atoms with Crippen LogP contribution < -0.4 is 5.32 Å². The molecule has 2 rings (SSSR count). The van der Waals surface area contributed by atoms with Gasteiger partial charge in [-0.25, -0.2) is 0 Å². The zero-order valence-corrected chi connectivity index (χ0v) is 11.9. The molecular formula is C16H26N2. The van der Waals surface area contributed by atoms with Crippen LogP contribution in [0.2, 0.25) is 0 Å². The van der Waals surface area contributed by atoms with Gasteiger partial charge >= 0.3 is 0 Å². The third kappa shape index (κ3) is 3.33. The second-order valence-electron chi connectivity index (χ2n) is 5.69. The summed E-state index contributed by atoms with van der Waals surface area (Å²) in [6.45, 7) is 8.02. The van der Waals surface area contributed by atoms with Crippen LogP contribution in [0, 0.1) is 5.92 Å². The minimum absolute atomic E-state index is 0.504. The van der Waals surface area contributed by atoms with E-state index in [0.29, 0.717) is 6.04 Å². The predicted octanol–water partition coefficient (Wildman–Crippen LogP) is 2.85. The molecule has 0 bridgehead atoms. The minimum atomic E-state index is 0.504. The fourth-order valence-electron chi connectivity index (χ4n) is 2.80. The van der Waals surface area contributed by atoms with E-state index < -0.39 is 0 Å². The fourth-order valence-corrected chi connectivity index (χ4v) is 2.80. The molecule has 1 aromatic carbocycles. The van der Waals surface area contributed by atoms with Crippen molar-refractivity contribution in [2.45, 2.75) is 32.7 Å². The molecule has 1 aliphatic rings. The zero-order chi connectivity index (χ0) is 13.0. The van der Waals surface area contributed by atoms with Gasteiger partial charge in [-0.3, -0.25) is 0 Å². The molecule has 2 atom stereocenters. The molecule has 0 saturated heterocycles. The van der Waals surface area contributed by atoms with Crippen LogP contribution in [0.1, 0.15) is 37.4 Å². The number of nitrogens with zero attached hydrogens (tertiary/aromatic N) is 1. The van der Waals surface area contributed by atoms with E-state index in [9.17, 15) is 0 Å². The second-order valence-corrected chi connectivity index (χ2v) is 5.69. The zero-order valence-electron chi connectivity index (χ0n) is 11.9. The summed E-state index contributed by atoms with van der Waals surface area (Å²) in [6.07, 6.45) is 2.43. The Balaban J connectivity index is 1.98. The van der Waals surface area contributed by atoms with Crippen molar-refractivity contribution in [1.29, 1.82) is 0 Å². The fraction of sp³-hybridized carbons (Fsp3) is 0.625. The largest absolute Gasteiger partial charge is 0.309 e. The summed E-state index contributed by atoms with van der Waals surface area (Å²) in [7, 11) is 2.24. The van der Waals surface area contributed by atoms with E-state index in [1.165, 1.54) is 30.5 Å². The van der Waals surface area contributed by atoms with Gasteiger partial charge in [0.15, 0.2) is 0 Å². The van der Waals surface area contributed by atoms with Crippen molar-refractivity contribution in [2.75, 3.05) is 26.7 Å². The summed E-state index contributed by atoms with van der Waals surface area (Å²) < 4.78 is 0. The maximum absolute atomic E-state index is 3.66. The van der Waals surface area contributed by atoms with Crippen LogP contribution in [0.15, 0.2) is 24.3 Å². The number of benzene rings is 1. The first-order valence-electron chi connectivity index (χ1n) is 7.20. The SMILES string of the molecule is CCC(C)CN(C)CC1NCCc2ccccc21. The molecule has 0 aliphatic carbocycles. The normalized spacial score (nSPS) is 20.8. The Hall–Kier alpha value is -0.860. The molecule has 2 heteroatoms. The highest BCUT2D eigenvalue weighted by Crippen LogP contribution is 2.23. The lowest BCUT2D eigenvalue weighted by molar-refractivity contribution is 0.249. The third-order valence-electron chi connectivity index (χ3n) is 4.03. The Labute approximate surface area is 111 Å². The van der Waals surface area contributed by atoms with Crippen LogP contribution in [0.25, 0.3) is 0 Å². The first kappa shape index (κ1) is 13.6. The predicted molar refractivity (Wildman–Crippen MR) is 77.8 cm³/mol. The van der Waals surface area contributed by atoms with Crippen LogP contribution in [0.4, 0.5) is 0 Å². The first-order valence-corrected chi connectivity index (χ1v) is 7.20. The Morgan fingerprint density at radius 1 is 1.39 bits per heavy atom. The quantitative estimate of drug-likeness (QED) is 0.859. The lowest BCUT2D eigenvalue weighted by Gasteiger charge is -2.31. The maximum Gasteiger partial charge on any atom is 0.0452 e. The average Bonchev–Trinajstić information content (AvgIpc) is 2.39.